The van der Waals surface area contributed by atoms with Crippen LogP contribution in [0.5, 0.6) is 0 Å². The molecule has 1 aliphatic rings. The minimum Gasteiger partial charge on any atom is -0.353 e. The molecule has 7 heteroatoms. The monoisotopic (exact) mass is 434 g/mol. The van der Waals surface area contributed by atoms with Gasteiger partial charge in [0.1, 0.15) is 5.69 Å². The number of nitrogens with zero attached hydrogens (tertiary/aromatic N) is 2. The van der Waals surface area contributed by atoms with Gasteiger partial charge in [-0.1, -0.05) is 42.5 Å². The van der Waals surface area contributed by atoms with E-state index >= 15 is 0 Å². The summed E-state index contributed by atoms with van der Waals surface area (Å²) in [4.78, 5) is 31.6. The number of aryl methyl sites for hydroxylation is 1. The van der Waals surface area contributed by atoms with Gasteiger partial charge in [-0.05, 0) is 43.0 Å². The van der Waals surface area contributed by atoms with Crippen molar-refractivity contribution in [3.63, 3.8) is 0 Å². The van der Waals surface area contributed by atoms with E-state index in [1.165, 1.54) is 11.3 Å². The molecule has 6 nitrogen and oxygen atoms in total. The van der Waals surface area contributed by atoms with E-state index in [0.717, 1.165) is 29.7 Å². The Morgan fingerprint density at radius 2 is 1.94 bits per heavy atom. The second-order valence-electron chi connectivity index (χ2n) is 7.84. The van der Waals surface area contributed by atoms with E-state index in [9.17, 15) is 9.59 Å². The van der Waals surface area contributed by atoms with Crippen molar-refractivity contribution in [3.8, 4) is 0 Å². The van der Waals surface area contributed by atoms with Gasteiger partial charge in [-0.3, -0.25) is 9.59 Å². The lowest BCUT2D eigenvalue weighted by Crippen LogP contribution is -2.35. The fourth-order valence-corrected chi connectivity index (χ4v) is 3.96. The van der Waals surface area contributed by atoms with Crippen LogP contribution in [0, 0.1) is 6.92 Å². The predicted octanol–water partition coefficient (Wildman–Crippen LogP) is 4.51. The molecule has 0 radical (unpaired) electrons. The minimum absolute atomic E-state index is 0.00607. The Hall–Kier alpha value is -3.19. The number of hydrogen-bond acceptors (Lipinski definition) is 5. The number of nitrogens with one attached hydrogen (secondary N) is 2. The van der Waals surface area contributed by atoms with E-state index in [2.05, 4.69) is 15.6 Å². The lowest BCUT2D eigenvalue weighted by Gasteiger charge is -2.22. The third-order valence-electron chi connectivity index (χ3n) is 5.05. The maximum Gasteiger partial charge on any atom is 0.273 e. The highest BCUT2D eigenvalue weighted by molar-refractivity contribution is 7.14. The number of aromatic nitrogens is 1. The molecule has 160 valence electrons. The zero-order valence-electron chi connectivity index (χ0n) is 17.5. The van der Waals surface area contributed by atoms with Gasteiger partial charge >= 0.3 is 0 Å². The van der Waals surface area contributed by atoms with E-state index in [1.54, 1.807) is 10.3 Å². The molecular weight excluding hydrogens is 408 g/mol. The first kappa shape index (κ1) is 21.1. The van der Waals surface area contributed by atoms with Crippen LogP contribution in [-0.4, -0.2) is 34.3 Å². The number of thiazole rings is 1. The average molecular weight is 435 g/mol. The van der Waals surface area contributed by atoms with Crippen LogP contribution in [0.2, 0.25) is 0 Å². The summed E-state index contributed by atoms with van der Waals surface area (Å²) in [5.74, 6) is -0.176. The van der Waals surface area contributed by atoms with Gasteiger partial charge in [0.2, 0.25) is 5.91 Å². The molecule has 4 rings (SSSR count). The Balaban J connectivity index is 1.45. The summed E-state index contributed by atoms with van der Waals surface area (Å²) in [5.41, 5.74) is 3.49. The zero-order chi connectivity index (χ0) is 21.6. The molecule has 0 unspecified atom stereocenters. The molecule has 2 N–H and O–H groups in total. The van der Waals surface area contributed by atoms with Crippen molar-refractivity contribution in [1.82, 2.24) is 15.2 Å². The number of carbonyl (C=O) groups is 2. The highest BCUT2D eigenvalue weighted by Crippen LogP contribution is 2.23. The summed E-state index contributed by atoms with van der Waals surface area (Å²) < 4.78 is 0. The topological polar surface area (TPSA) is 74.3 Å². The first-order chi connectivity index (χ1) is 15.1. The molecule has 0 aliphatic heterocycles. The van der Waals surface area contributed by atoms with E-state index in [1.807, 2.05) is 61.5 Å². The normalized spacial score (nSPS) is 12.9. The fourth-order valence-electron chi connectivity index (χ4n) is 3.26. The zero-order valence-corrected chi connectivity index (χ0v) is 18.3. The van der Waals surface area contributed by atoms with Crippen LogP contribution >= 0.6 is 11.3 Å². The second-order valence-corrected chi connectivity index (χ2v) is 8.69. The van der Waals surface area contributed by atoms with Crippen molar-refractivity contribution in [2.75, 3.05) is 11.9 Å². The van der Waals surface area contributed by atoms with Gasteiger partial charge in [0.25, 0.3) is 5.91 Å². The molecule has 2 aromatic carbocycles. The molecule has 2 amide bonds. The standard InChI is InChI=1S/C24H26N4O2S/c1-17-6-5-9-20(14-17)26-24-27-21(16-31-24)23(30)28(15-18-7-3-2-4-8-18)13-12-22(29)25-19-10-11-19/h2-9,14,16,19H,10-13,15H2,1H3,(H,25,29)(H,26,27). The Kier molecular flexibility index (Phi) is 6.62. The van der Waals surface area contributed by atoms with Gasteiger partial charge in [0.15, 0.2) is 5.13 Å². The lowest BCUT2D eigenvalue weighted by molar-refractivity contribution is -0.121. The number of amides is 2. The Labute approximate surface area is 186 Å². The summed E-state index contributed by atoms with van der Waals surface area (Å²) in [7, 11) is 0. The number of hydrogen-bond donors (Lipinski definition) is 2. The van der Waals surface area contributed by atoms with Crippen molar-refractivity contribution in [3.05, 3.63) is 76.8 Å². The molecule has 1 saturated carbocycles. The maximum atomic E-state index is 13.2. The summed E-state index contributed by atoms with van der Waals surface area (Å²) in [6.45, 7) is 2.82. The van der Waals surface area contributed by atoms with Crippen LogP contribution in [0.4, 0.5) is 10.8 Å². The average Bonchev–Trinajstić information content (AvgIpc) is 3.46. The Morgan fingerprint density at radius 3 is 2.68 bits per heavy atom. The Bertz CT molecular complexity index is 1050. The van der Waals surface area contributed by atoms with Crippen molar-refractivity contribution in [2.24, 2.45) is 0 Å². The molecule has 3 aromatic rings. The summed E-state index contributed by atoms with van der Waals surface area (Å²) >= 11 is 1.39. The number of rotatable bonds is 9. The van der Waals surface area contributed by atoms with E-state index in [-0.39, 0.29) is 18.2 Å². The molecule has 0 saturated heterocycles. The van der Waals surface area contributed by atoms with Gasteiger partial charge in [0, 0.05) is 36.6 Å². The van der Waals surface area contributed by atoms with E-state index < -0.39 is 0 Å². The first-order valence-corrected chi connectivity index (χ1v) is 11.4. The summed E-state index contributed by atoms with van der Waals surface area (Å²) in [6, 6.07) is 18.1. The molecule has 1 heterocycles. The summed E-state index contributed by atoms with van der Waals surface area (Å²) in [5, 5.41) is 8.68. The largest absolute Gasteiger partial charge is 0.353 e. The van der Waals surface area contributed by atoms with Gasteiger partial charge < -0.3 is 15.5 Å². The quantitative estimate of drug-likeness (QED) is 0.520. The lowest BCUT2D eigenvalue weighted by atomic mass is 10.2. The van der Waals surface area contributed by atoms with E-state index in [4.69, 9.17) is 0 Å². The second kappa shape index (κ2) is 9.75. The maximum absolute atomic E-state index is 13.2. The predicted molar refractivity (Wildman–Crippen MR) is 124 cm³/mol. The van der Waals surface area contributed by atoms with Crippen LogP contribution < -0.4 is 10.6 Å². The molecule has 0 atom stereocenters. The Morgan fingerprint density at radius 1 is 1.13 bits per heavy atom. The van der Waals surface area contributed by atoms with Crippen molar-refractivity contribution in [2.45, 2.75) is 38.8 Å². The molecule has 31 heavy (non-hydrogen) atoms. The van der Waals surface area contributed by atoms with Crippen LogP contribution in [0.15, 0.2) is 60.0 Å². The SMILES string of the molecule is Cc1cccc(Nc2nc(C(=O)N(CCC(=O)NC3CC3)Cc3ccccc3)cs2)c1. The fraction of sp³-hybridized carbons (Fsp3) is 0.292. The van der Waals surface area contributed by atoms with Gasteiger partial charge in [-0.2, -0.15) is 0 Å². The highest BCUT2D eigenvalue weighted by atomic mass is 32.1. The van der Waals surface area contributed by atoms with Gasteiger partial charge in [-0.25, -0.2) is 4.98 Å². The molecule has 0 spiro atoms. The van der Waals surface area contributed by atoms with Crippen LogP contribution in [0.3, 0.4) is 0 Å². The minimum atomic E-state index is -0.170. The van der Waals surface area contributed by atoms with E-state index in [0.29, 0.717) is 30.0 Å². The van der Waals surface area contributed by atoms with Crippen LogP contribution in [0.25, 0.3) is 0 Å². The number of anilines is 2. The first-order valence-electron chi connectivity index (χ1n) is 10.5. The van der Waals surface area contributed by atoms with Crippen molar-refractivity contribution >= 4 is 34.0 Å². The molecular formula is C24H26N4O2S. The van der Waals surface area contributed by atoms with Crippen molar-refractivity contribution < 1.29 is 9.59 Å². The third-order valence-corrected chi connectivity index (χ3v) is 5.81. The van der Waals surface area contributed by atoms with Crippen LogP contribution in [0.1, 0.15) is 40.9 Å². The highest BCUT2D eigenvalue weighted by Gasteiger charge is 2.24. The van der Waals surface area contributed by atoms with Crippen molar-refractivity contribution in [1.29, 1.82) is 0 Å². The molecule has 0 bridgehead atoms. The van der Waals surface area contributed by atoms with Gasteiger partial charge in [-0.15, -0.1) is 11.3 Å². The van der Waals surface area contributed by atoms with Crippen LogP contribution in [-0.2, 0) is 11.3 Å². The molecule has 1 aliphatic carbocycles. The number of benzene rings is 2. The molecule has 1 aromatic heterocycles. The summed E-state index contributed by atoms with van der Waals surface area (Å²) in [6.07, 6.45) is 2.38. The van der Waals surface area contributed by atoms with Gasteiger partial charge in [0.05, 0.1) is 0 Å². The smallest absolute Gasteiger partial charge is 0.273 e. The third kappa shape index (κ3) is 6.15. The number of carbonyl (C=O) groups excluding carboxylic acids is 2. The molecule has 1 fully saturated rings.